The summed E-state index contributed by atoms with van der Waals surface area (Å²) in [7, 11) is 2.60. The molecule has 0 bridgehead atoms. The SMILES string of the molecule is CO[Si](OC)(OC)Oc1ccc([SiH3])c(O[Si](OC)(OC)OC)c1O[Si](OC)(OC)OC. The summed E-state index contributed by atoms with van der Waals surface area (Å²) in [6, 6.07) is 3.46. The van der Waals surface area contributed by atoms with Crippen molar-refractivity contribution >= 4 is 42.6 Å². The van der Waals surface area contributed by atoms with Crippen LogP contribution in [-0.2, 0) is 39.8 Å². The molecule has 16 heteroatoms. The average Bonchev–Trinajstić information content (AvgIpc) is 2.82. The lowest BCUT2D eigenvalue weighted by Gasteiger charge is -2.31. The molecule has 0 fully saturated rings. The van der Waals surface area contributed by atoms with E-state index < -0.39 is 27.1 Å². The van der Waals surface area contributed by atoms with Crippen LogP contribution in [0, 0.1) is 0 Å². The highest BCUT2D eigenvalue weighted by Gasteiger charge is 2.51. The largest absolute Gasteiger partial charge is 0.749 e. The maximum atomic E-state index is 6.11. The van der Waals surface area contributed by atoms with Crippen molar-refractivity contribution in [3.8, 4) is 17.2 Å². The van der Waals surface area contributed by atoms with Crippen molar-refractivity contribution in [1.29, 1.82) is 0 Å². The Balaban J connectivity index is 3.71. The normalized spacial score (nSPS) is 12.8. The molecule has 0 radical (unpaired) electrons. The van der Waals surface area contributed by atoms with Gasteiger partial charge in [-0.15, -0.1) is 0 Å². The van der Waals surface area contributed by atoms with Gasteiger partial charge in [0.25, 0.3) is 0 Å². The fourth-order valence-corrected chi connectivity index (χ4v) is 6.78. The van der Waals surface area contributed by atoms with Crippen molar-refractivity contribution in [1.82, 2.24) is 0 Å². The maximum absolute atomic E-state index is 6.11. The van der Waals surface area contributed by atoms with Gasteiger partial charge in [0.05, 0.1) is 0 Å². The Hall–Kier alpha value is -0.872. The van der Waals surface area contributed by atoms with E-state index in [1.54, 1.807) is 12.1 Å². The first-order valence-electron chi connectivity index (χ1n) is 8.90. The lowest BCUT2D eigenvalue weighted by atomic mass is 10.3. The lowest BCUT2D eigenvalue weighted by Crippen LogP contribution is -2.53. The third-order valence-electron chi connectivity index (χ3n) is 4.21. The monoisotopic (exact) mass is 516 g/mol. The second-order valence-electron chi connectivity index (χ2n) is 5.68. The van der Waals surface area contributed by atoms with Crippen molar-refractivity contribution in [2.75, 3.05) is 64.0 Å². The molecule has 0 N–H and O–H groups in total. The van der Waals surface area contributed by atoms with Gasteiger partial charge in [-0.1, -0.05) is 6.07 Å². The first-order valence-corrected chi connectivity index (χ1v) is 14.8. The van der Waals surface area contributed by atoms with Crippen molar-refractivity contribution in [2.24, 2.45) is 0 Å². The smallest absolute Gasteiger partial charge is 0.476 e. The van der Waals surface area contributed by atoms with Gasteiger partial charge < -0.3 is 53.1 Å². The number of rotatable bonds is 15. The Morgan fingerprint density at radius 3 is 1.16 bits per heavy atom. The van der Waals surface area contributed by atoms with E-state index in [2.05, 4.69) is 0 Å². The van der Waals surface area contributed by atoms with Crippen LogP contribution in [-0.4, -0.2) is 101 Å². The Morgan fingerprint density at radius 1 is 0.484 bits per heavy atom. The van der Waals surface area contributed by atoms with E-state index in [0.29, 0.717) is 10.2 Å². The van der Waals surface area contributed by atoms with E-state index in [9.17, 15) is 0 Å². The molecule has 0 spiro atoms. The fraction of sp³-hybridized carbons (Fsp3) is 0.600. The molecule has 0 atom stereocenters. The summed E-state index contributed by atoms with van der Waals surface area (Å²) in [6.45, 7) is 0. The standard InChI is InChI=1S/C15H32O12Si4/c1-16-29(17-2,18-3)25-12-10-11-13(28)15(27-31(22-7,23-8)24-9)14(12)26-30(19-4,20-5)21-6/h10-11H,1-9,28H3. The van der Waals surface area contributed by atoms with E-state index in [1.807, 2.05) is 0 Å². The van der Waals surface area contributed by atoms with Crippen molar-refractivity contribution in [2.45, 2.75) is 0 Å². The molecule has 12 nitrogen and oxygen atoms in total. The minimum atomic E-state index is -3.61. The highest BCUT2D eigenvalue weighted by atomic mass is 28.4. The molecule has 1 rings (SSSR count). The van der Waals surface area contributed by atoms with E-state index in [1.165, 1.54) is 64.0 Å². The summed E-state index contributed by atoms with van der Waals surface area (Å²) in [4.78, 5) is 0. The van der Waals surface area contributed by atoms with Crippen LogP contribution in [0.2, 0.25) is 0 Å². The lowest BCUT2D eigenvalue weighted by molar-refractivity contribution is 0.0355. The van der Waals surface area contributed by atoms with Gasteiger partial charge in [-0.2, -0.15) is 0 Å². The summed E-state index contributed by atoms with van der Waals surface area (Å²) in [5, 5.41) is 0.788. The molecule has 180 valence electrons. The van der Waals surface area contributed by atoms with Crippen LogP contribution >= 0.6 is 0 Å². The molecule has 0 aromatic heterocycles. The Morgan fingerprint density at radius 2 is 0.806 bits per heavy atom. The number of benzene rings is 1. The minimum Gasteiger partial charge on any atom is -0.476 e. The van der Waals surface area contributed by atoms with Crippen molar-refractivity contribution < 1.29 is 53.1 Å². The molecule has 0 amide bonds. The second kappa shape index (κ2) is 12.4. The zero-order chi connectivity index (χ0) is 23.7. The first kappa shape index (κ1) is 28.2. The van der Waals surface area contributed by atoms with Crippen LogP contribution in [0.1, 0.15) is 0 Å². The van der Waals surface area contributed by atoms with Crippen LogP contribution in [0.25, 0.3) is 0 Å². The van der Waals surface area contributed by atoms with Gasteiger partial charge in [-0.3, -0.25) is 0 Å². The van der Waals surface area contributed by atoms with Gasteiger partial charge in [-0.25, -0.2) is 0 Å². The van der Waals surface area contributed by atoms with Crippen LogP contribution in [0.5, 0.6) is 17.2 Å². The maximum Gasteiger partial charge on any atom is 0.749 e. The molecule has 0 heterocycles. The van der Waals surface area contributed by atoms with E-state index in [4.69, 9.17) is 53.1 Å². The van der Waals surface area contributed by atoms with Crippen LogP contribution in [0.4, 0.5) is 0 Å². The molecule has 0 saturated carbocycles. The predicted molar refractivity (Wildman–Crippen MR) is 118 cm³/mol. The Kier molecular flexibility index (Phi) is 11.3. The quantitative estimate of drug-likeness (QED) is 0.265. The second-order valence-corrected chi connectivity index (χ2v) is 14.0. The molecule has 0 aliphatic heterocycles. The summed E-state index contributed by atoms with van der Waals surface area (Å²) in [5.74, 6) is 0.549. The molecule has 1 aromatic carbocycles. The molecule has 0 saturated heterocycles. The summed E-state index contributed by atoms with van der Waals surface area (Å²) in [5.41, 5.74) is 0. The van der Waals surface area contributed by atoms with Gasteiger partial charge in [0.15, 0.2) is 17.2 Å². The van der Waals surface area contributed by atoms with Crippen molar-refractivity contribution in [3.63, 3.8) is 0 Å². The molecular weight excluding hydrogens is 484 g/mol. The third-order valence-corrected chi connectivity index (χ3v) is 10.9. The molecule has 0 unspecified atom stereocenters. The summed E-state index contributed by atoms with van der Waals surface area (Å²) < 4.78 is 66.8. The number of hydrogen-bond acceptors (Lipinski definition) is 12. The van der Waals surface area contributed by atoms with Gasteiger partial charge in [-0.05, 0) is 11.3 Å². The average molecular weight is 517 g/mol. The molecule has 0 aliphatic rings. The number of hydrogen-bond donors (Lipinski definition) is 0. The van der Waals surface area contributed by atoms with Gasteiger partial charge in [0.2, 0.25) is 0 Å². The van der Waals surface area contributed by atoms with Crippen LogP contribution < -0.4 is 18.5 Å². The summed E-state index contributed by atoms with van der Waals surface area (Å²) >= 11 is 0. The van der Waals surface area contributed by atoms with Gasteiger partial charge >= 0.3 is 27.1 Å². The van der Waals surface area contributed by atoms with Gasteiger partial charge in [0, 0.05) is 74.2 Å². The zero-order valence-electron chi connectivity index (χ0n) is 19.6. The van der Waals surface area contributed by atoms with E-state index in [0.717, 1.165) is 5.19 Å². The highest BCUT2D eigenvalue weighted by molar-refractivity contribution is 6.56. The van der Waals surface area contributed by atoms with Crippen molar-refractivity contribution in [3.05, 3.63) is 12.1 Å². The Bertz CT molecular complexity index is 657. The minimum absolute atomic E-state index is 0.107. The topological polar surface area (TPSA) is 111 Å². The third kappa shape index (κ3) is 6.34. The molecule has 31 heavy (non-hydrogen) atoms. The van der Waals surface area contributed by atoms with Crippen LogP contribution in [0.15, 0.2) is 12.1 Å². The predicted octanol–water partition coefficient (Wildman–Crippen LogP) is -1.06. The van der Waals surface area contributed by atoms with E-state index >= 15 is 0 Å². The van der Waals surface area contributed by atoms with Crippen LogP contribution in [0.3, 0.4) is 0 Å². The Labute approximate surface area is 189 Å². The molecular formula is C15H32O12Si4. The fourth-order valence-electron chi connectivity index (χ4n) is 2.46. The van der Waals surface area contributed by atoms with Gasteiger partial charge in [0.1, 0.15) is 0 Å². The highest BCUT2D eigenvalue weighted by Crippen LogP contribution is 2.40. The summed E-state index contributed by atoms with van der Waals surface area (Å²) in [6.07, 6.45) is 0. The molecule has 0 aliphatic carbocycles. The van der Waals surface area contributed by atoms with E-state index in [-0.39, 0.29) is 17.2 Å². The first-order chi connectivity index (χ1) is 14.7. The zero-order valence-corrected chi connectivity index (χ0v) is 24.6. The molecule has 1 aromatic rings.